The van der Waals surface area contributed by atoms with E-state index in [1.807, 2.05) is 20.0 Å². The van der Waals surface area contributed by atoms with Crippen LogP contribution in [0.1, 0.15) is 34.8 Å². The summed E-state index contributed by atoms with van der Waals surface area (Å²) in [5.74, 6) is 0.636. The highest BCUT2D eigenvalue weighted by Crippen LogP contribution is 2.32. The summed E-state index contributed by atoms with van der Waals surface area (Å²) in [6, 6.07) is 5.34. The van der Waals surface area contributed by atoms with Crippen LogP contribution in [-0.2, 0) is 20.0 Å². The Morgan fingerprint density at radius 3 is 2.95 bits per heavy atom. The highest BCUT2D eigenvalue weighted by atomic mass is 35.5. The number of ether oxygens (including phenoxy) is 1. The van der Waals surface area contributed by atoms with E-state index in [0.717, 1.165) is 35.5 Å². The number of rotatable bonds is 4. The van der Waals surface area contributed by atoms with E-state index >= 15 is 0 Å². The summed E-state index contributed by atoms with van der Waals surface area (Å²) in [6.45, 7) is 2.68. The first-order valence-corrected chi connectivity index (χ1v) is 7.18. The summed E-state index contributed by atoms with van der Waals surface area (Å²) in [7, 11) is 3.54. The Labute approximate surface area is 136 Å². The smallest absolute Gasteiger partial charge is 0.216 e. The lowest BCUT2D eigenvalue weighted by Gasteiger charge is -2.14. The van der Waals surface area contributed by atoms with E-state index in [9.17, 15) is 4.39 Å². The second-order valence-electron chi connectivity index (χ2n) is 5.51. The lowest BCUT2D eigenvalue weighted by Crippen LogP contribution is -2.19. The van der Waals surface area contributed by atoms with Gasteiger partial charge in [0.15, 0.2) is 0 Å². The zero-order chi connectivity index (χ0) is 15.0. The van der Waals surface area contributed by atoms with Gasteiger partial charge in [-0.15, -0.1) is 12.4 Å². The third-order valence-corrected chi connectivity index (χ3v) is 4.19. The molecule has 1 aromatic heterocycles. The first-order chi connectivity index (χ1) is 10.1. The van der Waals surface area contributed by atoms with Gasteiger partial charge in [-0.05, 0) is 43.0 Å². The fourth-order valence-corrected chi connectivity index (χ4v) is 3.16. The number of nitrogens with zero attached hydrogens (tertiary/aromatic N) is 2. The quantitative estimate of drug-likeness (QED) is 0.939. The number of hydrogen-bond acceptors (Lipinski definition) is 3. The van der Waals surface area contributed by atoms with E-state index in [4.69, 9.17) is 4.74 Å². The van der Waals surface area contributed by atoms with Crippen LogP contribution in [0.25, 0.3) is 0 Å². The van der Waals surface area contributed by atoms with Crippen molar-refractivity contribution in [1.82, 2.24) is 15.1 Å². The molecule has 0 spiro atoms. The molecule has 1 unspecified atom stereocenters. The van der Waals surface area contributed by atoms with Crippen LogP contribution in [0.4, 0.5) is 4.39 Å². The number of halogens is 2. The maximum Gasteiger partial charge on any atom is 0.216 e. The van der Waals surface area contributed by atoms with Crippen molar-refractivity contribution >= 4 is 12.4 Å². The van der Waals surface area contributed by atoms with E-state index in [0.29, 0.717) is 6.54 Å². The molecule has 0 radical (unpaired) electrons. The first-order valence-electron chi connectivity index (χ1n) is 7.18. The van der Waals surface area contributed by atoms with Crippen LogP contribution in [0.3, 0.4) is 0 Å². The Hall–Kier alpha value is -1.59. The minimum absolute atomic E-state index is 0. The SMILES string of the molecule is COc1c(CNC2CCc3cc(F)ccc32)c(C)nn1C.Cl. The van der Waals surface area contributed by atoms with Crippen LogP contribution in [0.2, 0.25) is 0 Å². The van der Waals surface area contributed by atoms with Crippen LogP contribution in [0.5, 0.6) is 5.88 Å². The molecular weight excluding hydrogens is 305 g/mol. The summed E-state index contributed by atoms with van der Waals surface area (Å²) >= 11 is 0. The van der Waals surface area contributed by atoms with Crippen LogP contribution >= 0.6 is 12.4 Å². The van der Waals surface area contributed by atoms with Gasteiger partial charge in [0.05, 0.1) is 18.4 Å². The molecule has 120 valence electrons. The Bertz CT molecular complexity index is 672. The van der Waals surface area contributed by atoms with Gasteiger partial charge >= 0.3 is 0 Å². The second kappa shape index (κ2) is 6.67. The number of benzene rings is 1. The van der Waals surface area contributed by atoms with Crippen molar-refractivity contribution in [2.75, 3.05) is 7.11 Å². The first kappa shape index (κ1) is 16.8. The summed E-state index contributed by atoms with van der Waals surface area (Å²) in [5.41, 5.74) is 4.37. The van der Waals surface area contributed by atoms with Crippen molar-refractivity contribution in [2.24, 2.45) is 7.05 Å². The fraction of sp³-hybridized carbons (Fsp3) is 0.438. The molecule has 0 amide bonds. The molecule has 1 aliphatic carbocycles. The standard InChI is InChI=1S/C16H20FN3O.ClH/c1-10-14(16(21-3)20(2)19-10)9-18-15-7-4-11-8-12(17)5-6-13(11)15;/h5-6,8,15,18H,4,7,9H2,1-3H3;1H. The largest absolute Gasteiger partial charge is 0.481 e. The average molecular weight is 326 g/mol. The molecule has 2 aromatic rings. The summed E-state index contributed by atoms with van der Waals surface area (Å²) in [5, 5.41) is 7.93. The molecule has 0 saturated carbocycles. The summed E-state index contributed by atoms with van der Waals surface area (Å²) in [6.07, 6.45) is 1.92. The third-order valence-electron chi connectivity index (χ3n) is 4.19. The van der Waals surface area contributed by atoms with Crippen molar-refractivity contribution in [3.05, 3.63) is 46.4 Å². The van der Waals surface area contributed by atoms with Crippen LogP contribution < -0.4 is 10.1 Å². The van der Waals surface area contributed by atoms with E-state index in [1.165, 1.54) is 11.6 Å². The monoisotopic (exact) mass is 325 g/mol. The van der Waals surface area contributed by atoms with Crippen molar-refractivity contribution in [1.29, 1.82) is 0 Å². The van der Waals surface area contributed by atoms with Crippen molar-refractivity contribution < 1.29 is 9.13 Å². The zero-order valence-electron chi connectivity index (χ0n) is 13.0. The molecule has 4 nitrogen and oxygen atoms in total. The number of nitrogens with one attached hydrogen (secondary N) is 1. The number of aryl methyl sites for hydroxylation is 3. The number of aromatic nitrogens is 2. The molecule has 3 rings (SSSR count). The molecule has 0 bridgehead atoms. The van der Waals surface area contributed by atoms with Gasteiger partial charge in [-0.3, -0.25) is 0 Å². The molecule has 22 heavy (non-hydrogen) atoms. The normalized spacial score (nSPS) is 16.3. The Balaban J connectivity index is 0.00000176. The predicted molar refractivity (Wildman–Crippen MR) is 86.0 cm³/mol. The molecule has 1 N–H and O–H groups in total. The van der Waals surface area contributed by atoms with E-state index < -0.39 is 0 Å². The minimum Gasteiger partial charge on any atom is -0.481 e. The lowest BCUT2D eigenvalue weighted by atomic mass is 10.1. The molecule has 0 saturated heterocycles. The number of methoxy groups -OCH3 is 1. The van der Waals surface area contributed by atoms with Gasteiger partial charge in [-0.2, -0.15) is 5.10 Å². The maximum atomic E-state index is 13.2. The highest BCUT2D eigenvalue weighted by Gasteiger charge is 2.23. The second-order valence-corrected chi connectivity index (χ2v) is 5.51. The van der Waals surface area contributed by atoms with Crippen LogP contribution in [0, 0.1) is 12.7 Å². The zero-order valence-corrected chi connectivity index (χ0v) is 13.8. The van der Waals surface area contributed by atoms with Crippen LogP contribution in [-0.4, -0.2) is 16.9 Å². The van der Waals surface area contributed by atoms with Gasteiger partial charge in [0.2, 0.25) is 5.88 Å². The van der Waals surface area contributed by atoms with Crippen LogP contribution in [0.15, 0.2) is 18.2 Å². The Morgan fingerprint density at radius 1 is 1.45 bits per heavy atom. The molecule has 1 atom stereocenters. The van der Waals surface area contributed by atoms with E-state index in [-0.39, 0.29) is 24.3 Å². The van der Waals surface area contributed by atoms with Crippen molar-refractivity contribution in [3.8, 4) is 5.88 Å². The summed E-state index contributed by atoms with van der Waals surface area (Å²) in [4.78, 5) is 0. The van der Waals surface area contributed by atoms with Gasteiger partial charge in [0, 0.05) is 19.6 Å². The molecule has 1 aromatic carbocycles. The van der Waals surface area contributed by atoms with Gasteiger partial charge < -0.3 is 10.1 Å². The van der Waals surface area contributed by atoms with E-state index in [1.54, 1.807) is 17.9 Å². The average Bonchev–Trinajstić information content (AvgIpc) is 2.96. The predicted octanol–water partition coefficient (Wildman–Crippen LogP) is 3.08. The maximum absolute atomic E-state index is 13.2. The number of hydrogen-bond donors (Lipinski definition) is 1. The van der Waals surface area contributed by atoms with Gasteiger partial charge in [-0.25, -0.2) is 9.07 Å². The molecule has 1 aliphatic rings. The Kier molecular flexibility index (Phi) is 5.08. The van der Waals surface area contributed by atoms with E-state index in [2.05, 4.69) is 10.4 Å². The number of fused-ring (bicyclic) bond motifs is 1. The molecular formula is C16H21ClFN3O. The highest BCUT2D eigenvalue weighted by molar-refractivity contribution is 5.85. The fourth-order valence-electron chi connectivity index (χ4n) is 3.16. The Morgan fingerprint density at radius 2 is 2.23 bits per heavy atom. The third kappa shape index (κ3) is 2.96. The van der Waals surface area contributed by atoms with Gasteiger partial charge in [-0.1, -0.05) is 6.07 Å². The molecule has 1 heterocycles. The summed E-state index contributed by atoms with van der Waals surface area (Å²) < 4.78 is 20.4. The molecule has 6 heteroatoms. The van der Waals surface area contributed by atoms with Crippen molar-refractivity contribution in [2.45, 2.75) is 32.4 Å². The molecule has 0 fully saturated rings. The van der Waals surface area contributed by atoms with Gasteiger partial charge in [0.25, 0.3) is 0 Å². The topological polar surface area (TPSA) is 39.1 Å². The molecule has 0 aliphatic heterocycles. The van der Waals surface area contributed by atoms with Gasteiger partial charge in [0.1, 0.15) is 5.82 Å². The minimum atomic E-state index is -0.154. The van der Waals surface area contributed by atoms with Crippen molar-refractivity contribution in [3.63, 3.8) is 0 Å². The lowest BCUT2D eigenvalue weighted by molar-refractivity contribution is 0.366.